The van der Waals surface area contributed by atoms with Gasteiger partial charge >= 0.3 is 0 Å². The SMILES string of the molecule is Cc1ncc(C(C)Nc2cccc(C(=O)NCCO)c2)s1. The van der Waals surface area contributed by atoms with Gasteiger partial charge in [0.1, 0.15) is 0 Å². The monoisotopic (exact) mass is 305 g/mol. The largest absolute Gasteiger partial charge is 0.395 e. The Bertz CT molecular complexity index is 612. The van der Waals surface area contributed by atoms with Crippen molar-refractivity contribution >= 4 is 22.9 Å². The van der Waals surface area contributed by atoms with Crippen molar-refractivity contribution in [2.24, 2.45) is 0 Å². The number of benzene rings is 1. The van der Waals surface area contributed by atoms with Gasteiger partial charge in [-0.25, -0.2) is 4.98 Å². The van der Waals surface area contributed by atoms with Crippen LogP contribution in [0.5, 0.6) is 0 Å². The summed E-state index contributed by atoms with van der Waals surface area (Å²) < 4.78 is 0. The van der Waals surface area contributed by atoms with Crippen LogP contribution in [0.3, 0.4) is 0 Å². The molecule has 0 bridgehead atoms. The van der Waals surface area contributed by atoms with Crippen LogP contribution in [0.1, 0.15) is 33.2 Å². The van der Waals surface area contributed by atoms with Crippen molar-refractivity contribution in [3.63, 3.8) is 0 Å². The Morgan fingerprint density at radius 3 is 2.95 bits per heavy atom. The molecule has 0 fully saturated rings. The summed E-state index contributed by atoms with van der Waals surface area (Å²) in [5, 5.41) is 15.8. The van der Waals surface area contributed by atoms with Gasteiger partial charge in [-0.05, 0) is 32.0 Å². The first kappa shape index (κ1) is 15.5. The molecule has 6 heteroatoms. The summed E-state index contributed by atoms with van der Waals surface area (Å²) in [5.41, 5.74) is 1.45. The van der Waals surface area contributed by atoms with Gasteiger partial charge in [0, 0.05) is 28.9 Å². The molecule has 1 unspecified atom stereocenters. The number of thiazole rings is 1. The molecular formula is C15H19N3O2S. The number of nitrogens with zero attached hydrogens (tertiary/aromatic N) is 1. The van der Waals surface area contributed by atoms with E-state index in [4.69, 9.17) is 5.11 Å². The number of hydrogen-bond acceptors (Lipinski definition) is 5. The van der Waals surface area contributed by atoms with Gasteiger partial charge in [0.2, 0.25) is 0 Å². The van der Waals surface area contributed by atoms with Gasteiger partial charge < -0.3 is 15.7 Å². The molecule has 21 heavy (non-hydrogen) atoms. The molecule has 0 spiro atoms. The molecule has 0 aliphatic rings. The lowest BCUT2D eigenvalue weighted by Crippen LogP contribution is -2.26. The van der Waals surface area contributed by atoms with Gasteiger partial charge in [0.25, 0.3) is 5.91 Å². The molecule has 1 atom stereocenters. The average molecular weight is 305 g/mol. The van der Waals surface area contributed by atoms with Crippen LogP contribution < -0.4 is 10.6 Å². The summed E-state index contributed by atoms with van der Waals surface area (Å²) >= 11 is 1.66. The molecule has 1 amide bonds. The van der Waals surface area contributed by atoms with Crippen molar-refractivity contribution in [1.82, 2.24) is 10.3 Å². The van der Waals surface area contributed by atoms with Crippen molar-refractivity contribution in [2.75, 3.05) is 18.5 Å². The van der Waals surface area contributed by atoms with Crippen molar-refractivity contribution in [3.05, 3.63) is 45.9 Å². The smallest absolute Gasteiger partial charge is 0.251 e. The molecule has 2 rings (SSSR count). The van der Waals surface area contributed by atoms with E-state index in [1.165, 1.54) is 0 Å². The molecule has 112 valence electrons. The fourth-order valence-electron chi connectivity index (χ4n) is 1.92. The van der Waals surface area contributed by atoms with Crippen molar-refractivity contribution in [3.8, 4) is 0 Å². The van der Waals surface area contributed by atoms with E-state index < -0.39 is 0 Å². The number of aliphatic hydroxyl groups excluding tert-OH is 1. The predicted octanol–water partition coefficient (Wildman–Crippen LogP) is 2.35. The second kappa shape index (κ2) is 7.19. The number of aryl methyl sites for hydroxylation is 1. The van der Waals surface area contributed by atoms with Crippen LogP contribution in [0.15, 0.2) is 30.5 Å². The summed E-state index contributed by atoms with van der Waals surface area (Å²) in [6.45, 7) is 4.23. The van der Waals surface area contributed by atoms with Gasteiger partial charge in [-0.3, -0.25) is 4.79 Å². The molecule has 0 aliphatic heterocycles. The molecule has 0 radical (unpaired) electrons. The maximum atomic E-state index is 11.9. The minimum Gasteiger partial charge on any atom is -0.395 e. The summed E-state index contributed by atoms with van der Waals surface area (Å²) in [7, 11) is 0. The highest BCUT2D eigenvalue weighted by molar-refractivity contribution is 7.11. The van der Waals surface area contributed by atoms with E-state index in [-0.39, 0.29) is 25.1 Å². The Kier molecular flexibility index (Phi) is 5.30. The van der Waals surface area contributed by atoms with E-state index in [0.29, 0.717) is 5.56 Å². The molecule has 0 saturated carbocycles. The van der Waals surface area contributed by atoms with E-state index >= 15 is 0 Å². The molecular weight excluding hydrogens is 286 g/mol. The normalized spacial score (nSPS) is 12.0. The van der Waals surface area contributed by atoms with Gasteiger partial charge in [-0.15, -0.1) is 11.3 Å². The van der Waals surface area contributed by atoms with Crippen LogP contribution in [0, 0.1) is 6.92 Å². The zero-order chi connectivity index (χ0) is 15.2. The van der Waals surface area contributed by atoms with Gasteiger partial charge in [-0.1, -0.05) is 6.07 Å². The highest BCUT2D eigenvalue weighted by atomic mass is 32.1. The molecule has 2 aromatic rings. The Morgan fingerprint density at radius 1 is 1.48 bits per heavy atom. The number of aromatic nitrogens is 1. The highest BCUT2D eigenvalue weighted by Crippen LogP contribution is 2.24. The lowest BCUT2D eigenvalue weighted by molar-refractivity contribution is 0.0945. The minimum atomic E-state index is -0.186. The van der Waals surface area contributed by atoms with E-state index in [2.05, 4.69) is 22.5 Å². The predicted molar refractivity (Wildman–Crippen MR) is 84.7 cm³/mol. The number of hydrogen-bond donors (Lipinski definition) is 3. The lowest BCUT2D eigenvalue weighted by atomic mass is 10.1. The van der Waals surface area contributed by atoms with E-state index in [9.17, 15) is 4.79 Å². The number of carbonyl (C=O) groups is 1. The summed E-state index contributed by atoms with van der Waals surface area (Å²) in [4.78, 5) is 17.3. The second-order valence-electron chi connectivity index (χ2n) is 4.71. The summed E-state index contributed by atoms with van der Waals surface area (Å²) in [6, 6.07) is 7.44. The number of carbonyl (C=O) groups excluding carboxylic acids is 1. The number of nitrogens with one attached hydrogen (secondary N) is 2. The maximum absolute atomic E-state index is 11.9. The number of rotatable bonds is 6. The number of amides is 1. The van der Waals surface area contributed by atoms with Crippen LogP contribution in [0.2, 0.25) is 0 Å². The molecule has 5 nitrogen and oxygen atoms in total. The zero-order valence-electron chi connectivity index (χ0n) is 12.1. The second-order valence-corrected chi connectivity index (χ2v) is 5.97. The summed E-state index contributed by atoms with van der Waals surface area (Å²) in [5.74, 6) is -0.186. The first-order chi connectivity index (χ1) is 10.1. The van der Waals surface area contributed by atoms with Crippen LogP contribution in [-0.2, 0) is 0 Å². The molecule has 1 heterocycles. The Balaban J connectivity index is 2.05. The fraction of sp³-hybridized carbons (Fsp3) is 0.333. The van der Waals surface area contributed by atoms with E-state index in [0.717, 1.165) is 15.6 Å². The Morgan fingerprint density at radius 2 is 2.29 bits per heavy atom. The van der Waals surface area contributed by atoms with Crippen LogP contribution >= 0.6 is 11.3 Å². The Hall–Kier alpha value is -1.92. The third kappa shape index (κ3) is 4.27. The maximum Gasteiger partial charge on any atom is 0.251 e. The van der Waals surface area contributed by atoms with Crippen molar-refractivity contribution < 1.29 is 9.90 Å². The molecule has 1 aromatic carbocycles. The standard InChI is InChI=1S/C15H19N3O2S/c1-10(14-9-17-11(2)21-14)18-13-5-3-4-12(8-13)15(20)16-6-7-19/h3-5,8-10,18-19H,6-7H2,1-2H3,(H,16,20). The third-order valence-electron chi connectivity index (χ3n) is 2.97. The number of aliphatic hydroxyl groups is 1. The van der Waals surface area contributed by atoms with E-state index in [1.54, 1.807) is 23.5 Å². The zero-order valence-corrected chi connectivity index (χ0v) is 12.9. The van der Waals surface area contributed by atoms with Gasteiger partial charge in [0.05, 0.1) is 17.7 Å². The first-order valence-electron chi connectivity index (χ1n) is 6.78. The van der Waals surface area contributed by atoms with Crippen molar-refractivity contribution in [2.45, 2.75) is 19.9 Å². The molecule has 1 aromatic heterocycles. The van der Waals surface area contributed by atoms with Gasteiger partial charge in [-0.2, -0.15) is 0 Å². The van der Waals surface area contributed by atoms with Gasteiger partial charge in [0.15, 0.2) is 0 Å². The quantitative estimate of drug-likeness (QED) is 0.766. The third-order valence-corrected chi connectivity index (χ3v) is 4.07. The molecule has 0 saturated heterocycles. The minimum absolute atomic E-state index is 0.0640. The number of anilines is 1. The fourth-order valence-corrected chi connectivity index (χ4v) is 2.71. The average Bonchev–Trinajstić information content (AvgIpc) is 2.91. The van der Waals surface area contributed by atoms with Crippen molar-refractivity contribution in [1.29, 1.82) is 0 Å². The molecule has 3 N–H and O–H groups in total. The first-order valence-corrected chi connectivity index (χ1v) is 7.60. The van der Waals surface area contributed by atoms with E-state index in [1.807, 2.05) is 25.3 Å². The highest BCUT2D eigenvalue weighted by Gasteiger charge is 2.10. The van der Waals surface area contributed by atoms with Crippen LogP contribution in [-0.4, -0.2) is 29.1 Å². The lowest BCUT2D eigenvalue weighted by Gasteiger charge is -2.14. The Labute approximate surface area is 128 Å². The van der Waals surface area contributed by atoms with Crippen LogP contribution in [0.4, 0.5) is 5.69 Å². The topological polar surface area (TPSA) is 74.2 Å². The van der Waals surface area contributed by atoms with Crippen LogP contribution in [0.25, 0.3) is 0 Å². The molecule has 0 aliphatic carbocycles. The summed E-state index contributed by atoms with van der Waals surface area (Å²) in [6.07, 6.45) is 1.87.